The maximum atomic E-state index is 12.1. The van der Waals surface area contributed by atoms with Crippen LogP contribution in [0.4, 0.5) is 0 Å². The molecular weight excluding hydrogens is 242 g/mol. The first-order valence-corrected chi connectivity index (χ1v) is 7.19. The molecule has 1 aliphatic rings. The monoisotopic (exact) mass is 259 g/mol. The Morgan fingerprint density at radius 1 is 1.65 bits per heavy atom. The summed E-state index contributed by atoms with van der Waals surface area (Å²) >= 11 is 0. The molecule has 1 aromatic rings. The van der Waals surface area contributed by atoms with E-state index in [0.29, 0.717) is 24.5 Å². The first-order valence-electron chi connectivity index (χ1n) is 5.58. The second-order valence-corrected chi connectivity index (χ2v) is 6.29. The summed E-state index contributed by atoms with van der Waals surface area (Å²) in [5.41, 5.74) is 0.468. The van der Waals surface area contributed by atoms with Crippen molar-refractivity contribution in [3.63, 3.8) is 0 Å². The van der Waals surface area contributed by atoms with E-state index in [-0.39, 0.29) is 11.8 Å². The molecule has 7 heteroatoms. The Bertz CT molecular complexity index is 483. The number of aryl methyl sites for hydroxylation is 1. The molecule has 6 nitrogen and oxygen atoms in total. The minimum Gasteiger partial charge on any atom is -0.361 e. The number of nitrogens with one attached hydrogen (secondary N) is 1. The van der Waals surface area contributed by atoms with Gasteiger partial charge in [0, 0.05) is 25.2 Å². The van der Waals surface area contributed by atoms with Gasteiger partial charge in [-0.15, -0.1) is 0 Å². The Morgan fingerprint density at radius 3 is 2.94 bits per heavy atom. The molecule has 2 heterocycles. The molecule has 1 atom stereocenters. The van der Waals surface area contributed by atoms with Crippen molar-refractivity contribution in [1.29, 1.82) is 0 Å². The number of nitrogens with zero attached hydrogens (tertiary/aromatic N) is 2. The van der Waals surface area contributed by atoms with Crippen molar-refractivity contribution in [2.45, 2.75) is 25.1 Å². The highest BCUT2D eigenvalue weighted by atomic mass is 32.2. The molecule has 17 heavy (non-hydrogen) atoms. The molecule has 0 amide bonds. The Balaban J connectivity index is 2.04. The molecule has 0 spiro atoms. The Labute approximate surface area is 101 Å². The van der Waals surface area contributed by atoms with Gasteiger partial charge in [-0.25, -0.2) is 8.42 Å². The number of hydrogen-bond donors (Lipinski definition) is 1. The Morgan fingerprint density at radius 2 is 2.41 bits per heavy atom. The molecule has 2 rings (SSSR count). The first-order chi connectivity index (χ1) is 8.01. The lowest BCUT2D eigenvalue weighted by molar-refractivity contribution is 0.391. The fourth-order valence-corrected chi connectivity index (χ4v) is 3.46. The number of rotatable bonds is 4. The average Bonchev–Trinajstić information content (AvgIpc) is 2.86. The Hall–Kier alpha value is -0.920. The third-order valence-corrected chi connectivity index (χ3v) is 4.74. The van der Waals surface area contributed by atoms with Crippen LogP contribution in [0.2, 0.25) is 0 Å². The second-order valence-electron chi connectivity index (χ2n) is 4.32. The quantitative estimate of drug-likeness (QED) is 0.830. The normalized spacial score (nSPS) is 22.1. The highest BCUT2D eigenvalue weighted by Crippen LogP contribution is 2.17. The lowest BCUT2D eigenvalue weighted by atomic mass is 10.3. The lowest BCUT2D eigenvalue weighted by Gasteiger charge is -2.15. The summed E-state index contributed by atoms with van der Waals surface area (Å²) in [7, 11) is -1.42. The van der Waals surface area contributed by atoms with Crippen LogP contribution in [0, 0.1) is 6.92 Å². The lowest BCUT2D eigenvalue weighted by Crippen LogP contribution is -2.34. The van der Waals surface area contributed by atoms with Crippen LogP contribution in [-0.4, -0.2) is 44.1 Å². The maximum absolute atomic E-state index is 12.1. The van der Waals surface area contributed by atoms with Crippen molar-refractivity contribution in [2.24, 2.45) is 0 Å². The SMILES string of the molecule is CNC1CCN(S(=O)(=O)Cc2cc(C)on2)C1. The van der Waals surface area contributed by atoms with Gasteiger partial charge in [0.05, 0.1) is 0 Å². The summed E-state index contributed by atoms with van der Waals surface area (Å²) in [6.45, 7) is 2.86. The van der Waals surface area contributed by atoms with Crippen LogP contribution in [-0.2, 0) is 15.8 Å². The van der Waals surface area contributed by atoms with Crippen LogP contribution in [0.3, 0.4) is 0 Å². The van der Waals surface area contributed by atoms with Crippen LogP contribution in [0.15, 0.2) is 10.6 Å². The zero-order chi connectivity index (χ0) is 12.5. The maximum Gasteiger partial charge on any atom is 0.220 e. The molecule has 1 aliphatic heterocycles. The summed E-state index contributed by atoms with van der Waals surface area (Å²) < 4.78 is 30.6. The van der Waals surface area contributed by atoms with Crippen LogP contribution >= 0.6 is 0 Å². The summed E-state index contributed by atoms with van der Waals surface area (Å²) in [5.74, 6) is 0.547. The molecule has 1 unspecified atom stereocenters. The van der Waals surface area contributed by atoms with E-state index in [1.54, 1.807) is 13.0 Å². The van der Waals surface area contributed by atoms with Crippen molar-refractivity contribution < 1.29 is 12.9 Å². The van der Waals surface area contributed by atoms with Gasteiger partial charge in [-0.1, -0.05) is 5.16 Å². The minimum atomic E-state index is -3.27. The third kappa shape index (κ3) is 2.85. The van der Waals surface area contributed by atoms with Gasteiger partial charge in [-0.05, 0) is 20.4 Å². The van der Waals surface area contributed by atoms with Crippen molar-refractivity contribution in [3.8, 4) is 0 Å². The molecule has 0 bridgehead atoms. The van der Waals surface area contributed by atoms with E-state index in [9.17, 15) is 8.42 Å². The molecule has 0 aromatic carbocycles. The topological polar surface area (TPSA) is 75.4 Å². The number of aromatic nitrogens is 1. The number of hydrogen-bond acceptors (Lipinski definition) is 5. The van der Waals surface area contributed by atoms with Gasteiger partial charge in [0.2, 0.25) is 10.0 Å². The molecule has 0 radical (unpaired) electrons. The van der Waals surface area contributed by atoms with Crippen molar-refractivity contribution >= 4 is 10.0 Å². The molecular formula is C10H17N3O3S. The minimum absolute atomic E-state index is 0.0826. The highest BCUT2D eigenvalue weighted by Gasteiger charge is 2.31. The van der Waals surface area contributed by atoms with E-state index in [1.165, 1.54) is 4.31 Å². The molecule has 1 aromatic heterocycles. The largest absolute Gasteiger partial charge is 0.361 e. The summed E-state index contributed by atoms with van der Waals surface area (Å²) in [4.78, 5) is 0. The zero-order valence-corrected chi connectivity index (χ0v) is 10.8. The summed E-state index contributed by atoms with van der Waals surface area (Å²) in [5, 5.41) is 6.81. The van der Waals surface area contributed by atoms with E-state index in [4.69, 9.17) is 4.52 Å². The number of sulfonamides is 1. The van der Waals surface area contributed by atoms with Crippen LogP contribution < -0.4 is 5.32 Å². The number of likely N-dealkylation sites (N-methyl/N-ethyl adjacent to an activating group) is 1. The standard InChI is InChI=1S/C10H17N3O3S/c1-8-5-10(12-16-8)7-17(14,15)13-4-3-9(6-13)11-2/h5,9,11H,3-4,6-7H2,1-2H3. The predicted octanol–water partition coefficient (Wildman–Crippen LogP) is 0.107. The van der Waals surface area contributed by atoms with Gasteiger partial charge >= 0.3 is 0 Å². The van der Waals surface area contributed by atoms with Gasteiger partial charge in [0.15, 0.2) is 0 Å². The second kappa shape index (κ2) is 4.75. The molecule has 0 aliphatic carbocycles. The fourth-order valence-electron chi connectivity index (χ4n) is 1.98. The van der Waals surface area contributed by atoms with Gasteiger partial charge in [0.1, 0.15) is 17.2 Å². The van der Waals surface area contributed by atoms with E-state index in [1.807, 2.05) is 7.05 Å². The van der Waals surface area contributed by atoms with Crippen molar-refractivity contribution in [1.82, 2.24) is 14.8 Å². The van der Waals surface area contributed by atoms with Crippen molar-refractivity contribution in [2.75, 3.05) is 20.1 Å². The van der Waals surface area contributed by atoms with Crippen molar-refractivity contribution in [3.05, 3.63) is 17.5 Å². The van der Waals surface area contributed by atoms with Crippen LogP contribution in [0.1, 0.15) is 17.9 Å². The molecule has 0 saturated carbocycles. The highest BCUT2D eigenvalue weighted by molar-refractivity contribution is 7.88. The summed E-state index contributed by atoms with van der Waals surface area (Å²) in [6.07, 6.45) is 0.855. The predicted molar refractivity (Wildman–Crippen MR) is 62.9 cm³/mol. The average molecular weight is 259 g/mol. The summed E-state index contributed by atoms with van der Waals surface area (Å²) in [6, 6.07) is 1.91. The van der Waals surface area contributed by atoms with E-state index in [2.05, 4.69) is 10.5 Å². The van der Waals surface area contributed by atoms with Gasteiger partial charge in [-0.3, -0.25) is 0 Å². The van der Waals surface area contributed by atoms with Gasteiger partial charge in [-0.2, -0.15) is 4.31 Å². The molecule has 1 fully saturated rings. The smallest absolute Gasteiger partial charge is 0.220 e. The fraction of sp³-hybridized carbons (Fsp3) is 0.700. The van der Waals surface area contributed by atoms with E-state index < -0.39 is 10.0 Å². The van der Waals surface area contributed by atoms with Gasteiger partial charge < -0.3 is 9.84 Å². The first kappa shape index (κ1) is 12.5. The van der Waals surface area contributed by atoms with Crippen LogP contribution in [0.5, 0.6) is 0 Å². The zero-order valence-electron chi connectivity index (χ0n) is 10.0. The Kier molecular flexibility index (Phi) is 3.50. The molecule has 96 valence electrons. The van der Waals surface area contributed by atoms with E-state index >= 15 is 0 Å². The third-order valence-electron chi connectivity index (χ3n) is 2.96. The molecule has 1 saturated heterocycles. The van der Waals surface area contributed by atoms with Crippen LogP contribution in [0.25, 0.3) is 0 Å². The van der Waals surface area contributed by atoms with E-state index in [0.717, 1.165) is 6.42 Å². The van der Waals surface area contributed by atoms with Gasteiger partial charge in [0.25, 0.3) is 0 Å². The molecule has 1 N–H and O–H groups in total.